The Kier molecular flexibility index (Phi) is 4.59. The van der Waals surface area contributed by atoms with E-state index in [1.807, 2.05) is 26.0 Å². The SMILES string of the molecule is CC(C)NC(=O)c1sc2ccccc2c1[C@@H]1CCN(c2ncccn2)C1. The van der Waals surface area contributed by atoms with Crippen LogP contribution in [0, 0.1) is 0 Å². The Morgan fingerprint density at radius 1 is 1.23 bits per heavy atom. The van der Waals surface area contributed by atoms with E-state index >= 15 is 0 Å². The average molecular weight is 366 g/mol. The highest BCUT2D eigenvalue weighted by atomic mass is 32.1. The minimum Gasteiger partial charge on any atom is -0.349 e. The second-order valence-electron chi connectivity index (χ2n) is 6.95. The number of hydrogen-bond acceptors (Lipinski definition) is 5. The van der Waals surface area contributed by atoms with Crippen LogP contribution in [0.2, 0.25) is 0 Å². The second kappa shape index (κ2) is 7.03. The number of thiophene rings is 1. The lowest BCUT2D eigenvalue weighted by molar-refractivity contribution is 0.0946. The zero-order valence-corrected chi connectivity index (χ0v) is 15.8. The third-order valence-corrected chi connectivity index (χ3v) is 5.88. The number of hydrogen-bond donors (Lipinski definition) is 1. The maximum absolute atomic E-state index is 12.8. The number of carbonyl (C=O) groups excluding carboxylic acids is 1. The average Bonchev–Trinajstić information content (AvgIpc) is 3.26. The highest BCUT2D eigenvalue weighted by Crippen LogP contribution is 2.40. The van der Waals surface area contributed by atoms with Crippen LogP contribution in [0.15, 0.2) is 42.7 Å². The first kappa shape index (κ1) is 17.0. The topological polar surface area (TPSA) is 58.1 Å². The van der Waals surface area contributed by atoms with Crippen LogP contribution in [-0.2, 0) is 0 Å². The first-order valence-corrected chi connectivity index (χ1v) is 9.79. The fraction of sp³-hybridized carbons (Fsp3) is 0.350. The number of fused-ring (bicyclic) bond motifs is 1. The van der Waals surface area contributed by atoms with E-state index in [1.54, 1.807) is 23.7 Å². The third kappa shape index (κ3) is 3.17. The van der Waals surface area contributed by atoms with Crippen LogP contribution >= 0.6 is 11.3 Å². The van der Waals surface area contributed by atoms with Crippen molar-refractivity contribution in [2.75, 3.05) is 18.0 Å². The fourth-order valence-corrected chi connectivity index (χ4v) is 4.79. The summed E-state index contributed by atoms with van der Waals surface area (Å²) in [5, 5.41) is 4.26. The molecule has 3 heterocycles. The monoisotopic (exact) mass is 366 g/mol. The zero-order valence-electron chi connectivity index (χ0n) is 15.0. The molecule has 1 atom stereocenters. The summed E-state index contributed by atoms with van der Waals surface area (Å²) < 4.78 is 1.17. The quantitative estimate of drug-likeness (QED) is 0.762. The van der Waals surface area contributed by atoms with E-state index in [4.69, 9.17) is 0 Å². The molecule has 0 aliphatic carbocycles. The molecule has 4 rings (SSSR count). The number of nitrogens with one attached hydrogen (secondary N) is 1. The number of aromatic nitrogens is 2. The molecule has 1 N–H and O–H groups in total. The summed E-state index contributed by atoms with van der Waals surface area (Å²) in [5.74, 6) is 1.11. The molecule has 0 unspecified atom stereocenters. The fourth-order valence-electron chi connectivity index (χ4n) is 3.60. The molecule has 1 aromatic carbocycles. The molecule has 0 radical (unpaired) electrons. The molecule has 1 saturated heterocycles. The number of anilines is 1. The van der Waals surface area contributed by atoms with Crippen molar-refractivity contribution in [3.63, 3.8) is 0 Å². The minimum atomic E-state index is 0.0330. The molecular formula is C20H22N4OS. The van der Waals surface area contributed by atoms with Gasteiger partial charge in [0.15, 0.2) is 0 Å². The van der Waals surface area contributed by atoms with E-state index in [0.29, 0.717) is 5.92 Å². The summed E-state index contributed by atoms with van der Waals surface area (Å²) in [6.45, 7) is 5.74. The third-order valence-electron chi connectivity index (χ3n) is 4.69. The van der Waals surface area contributed by atoms with Gasteiger partial charge in [-0.3, -0.25) is 4.79 Å². The van der Waals surface area contributed by atoms with E-state index in [-0.39, 0.29) is 11.9 Å². The highest BCUT2D eigenvalue weighted by Gasteiger charge is 2.31. The van der Waals surface area contributed by atoms with Crippen molar-refractivity contribution >= 4 is 33.3 Å². The summed E-state index contributed by atoms with van der Waals surface area (Å²) in [7, 11) is 0. The standard InChI is InChI=1S/C20H22N4OS/c1-13(2)23-19(25)18-17(15-6-3-4-7-16(15)26-18)14-8-11-24(12-14)20-21-9-5-10-22-20/h3-7,9-10,13-14H,8,11-12H2,1-2H3,(H,23,25)/t14-/m1/s1. The molecule has 1 aliphatic heterocycles. The van der Waals surface area contributed by atoms with E-state index in [0.717, 1.165) is 30.3 Å². The molecule has 1 fully saturated rings. The largest absolute Gasteiger partial charge is 0.349 e. The van der Waals surface area contributed by atoms with E-state index in [2.05, 4.69) is 38.4 Å². The number of nitrogens with zero attached hydrogens (tertiary/aromatic N) is 3. The van der Waals surface area contributed by atoms with Gasteiger partial charge in [0.2, 0.25) is 5.95 Å². The Morgan fingerprint density at radius 3 is 2.77 bits per heavy atom. The second-order valence-corrected chi connectivity index (χ2v) is 8.00. The van der Waals surface area contributed by atoms with Crippen LogP contribution in [0.1, 0.15) is 41.4 Å². The molecule has 1 amide bonds. The molecule has 0 spiro atoms. The maximum Gasteiger partial charge on any atom is 0.261 e. The lowest BCUT2D eigenvalue weighted by Gasteiger charge is -2.17. The zero-order chi connectivity index (χ0) is 18.1. The van der Waals surface area contributed by atoms with Gasteiger partial charge in [0.05, 0.1) is 4.88 Å². The van der Waals surface area contributed by atoms with Gasteiger partial charge in [0.25, 0.3) is 5.91 Å². The van der Waals surface area contributed by atoms with Crippen LogP contribution in [0.5, 0.6) is 0 Å². The molecule has 2 aromatic heterocycles. The summed E-state index contributed by atoms with van der Waals surface area (Å²) in [6, 6.07) is 10.3. The summed E-state index contributed by atoms with van der Waals surface area (Å²) in [4.78, 5) is 24.6. The smallest absolute Gasteiger partial charge is 0.261 e. The van der Waals surface area contributed by atoms with Crippen molar-refractivity contribution in [2.24, 2.45) is 0 Å². The van der Waals surface area contributed by atoms with Gasteiger partial charge >= 0.3 is 0 Å². The van der Waals surface area contributed by atoms with Gasteiger partial charge in [0.1, 0.15) is 0 Å². The first-order chi connectivity index (χ1) is 12.6. The van der Waals surface area contributed by atoms with Gasteiger partial charge in [-0.15, -0.1) is 11.3 Å². The summed E-state index contributed by atoms with van der Waals surface area (Å²) in [5.41, 5.74) is 1.18. The Labute approximate surface area is 157 Å². The van der Waals surface area contributed by atoms with Gasteiger partial charge < -0.3 is 10.2 Å². The molecule has 134 valence electrons. The molecule has 26 heavy (non-hydrogen) atoms. The van der Waals surface area contributed by atoms with Crippen LogP contribution < -0.4 is 10.2 Å². The van der Waals surface area contributed by atoms with Crippen molar-refractivity contribution in [2.45, 2.75) is 32.2 Å². The van der Waals surface area contributed by atoms with Crippen molar-refractivity contribution in [1.82, 2.24) is 15.3 Å². The van der Waals surface area contributed by atoms with E-state index in [1.165, 1.54) is 15.6 Å². The summed E-state index contributed by atoms with van der Waals surface area (Å²) in [6.07, 6.45) is 4.55. The highest BCUT2D eigenvalue weighted by molar-refractivity contribution is 7.21. The van der Waals surface area contributed by atoms with Crippen LogP contribution in [-0.4, -0.2) is 35.0 Å². The molecule has 3 aromatic rings. The Bertz CT molecular complexity index is 922. The number of amides is 1. The molecule has 6 heteroatoms. The lowest BCUT2D eigenvalue weighted by atomic mass is 9.95. The van der Waals surface area contributed by atoms with Crippen LogP contribution in [0.25, 0.3) is 10.1 Å². The van der Waals surface area contributed by atoms with Gasteiger partial charge in [-0.05, 0) is 43.4 Å². The van der Waals surface area contributed by atoms with Gasteiger partial charge in [-0.25, -0.2) is 9.97 Å². The van der Waals surface area contributed by atoms with Crippen molar-refractivity contribution in [3.8, 4) is 0 Å². The normalized spacial score (nSPS) is 17.2. The van der Waals surface area contributed by atoms with Gasteiger partial charge in [-0.2, -0.15) is 0 Å². The number of carbonyl (C=O) groups is 1. The Balaban J connectivity index is 1.70. The predicted molar refractivity (Wildman–Crippen MR) is 106 cm³/mol. The molecule has 0 saturated carbocycles. The molecule has 5 nitrogen and oxygen atoms in total. The molecule has 1 aliphatic rings. The molecule has 0 bridgehead atoms. The molecular weight excluding hydrogens is 344 g/mol. The lowest BCUT2D eigenvalue weighted by Crippen LogP contribution is -2.30. The number of benzene rings is 1. The predicted octanol–water partition coefficient (Wildman–Crippen LogP) is 3.82. The maximum atomic E-state index is 12.8. The first-order valence-electron chi connectivity index (χ1n) is 8.97. The van der Waals surface area contributed by atoms with Crippen LogP contribution in [0.4, 0.5) is 5.95 Å². The van der Waals surface area contributed by atoms with Crippen molar-refractivity contribution in [1.29, 1.82) is 0 Å². The van der Waals surface area contributed by atoms with Crippen molar-refractivity contribution in [3.05, 3.63) is 53.2 Å². The summed E-state index contributed by atoms with van der Waals surface area (Å²) >= 11 is 1.60. The Morgan fingerprint density at radius 2 is 2.00 bits per heavy atom. The van der Waals surface area contributed by atoms with Gasteiger partial charge in [0, 0.05) is 42.1 Å². The van der Waals surface area contributed by atoms with Crippen LogP contribution in [0.3, 0.4) is 0 Å². The van der Waals surface area contributed by atoms with Gasteiger partial charge in [-0.1, -0.05) is 18.2 Å². The minimum absolute atomic E-state index is 0.0330. The van der Waals surface area contributed by atoms with E-state index in [9.17, 15) is 4.79 Å². The number of rotatable bonds is 4. The van der Waals surface area contributed by atoms with E-state index < -0.39 is 0 Å². The van der Waals surface area contributed by atoms with Crippen molar-refractivity contribution < 1.29 is 4.79 Å². The Hall–Kier alpha value is -2.47.